The maximum atomic E-state index is 12.1. The van der Waals surface area contributed by atoms with Crippen LogP contribution >= 0.6 is 10.7 Å². The summed E-state index contributed by atoms with van der Waals surface area (Å²) in [4.78, 5) is -0.344. The van der Waals surface area contributed by atoms with Gasteiger partial charge < -0.3 is 12.9 Å². The van der Waals surface area contributed by atoms with Gasteiger partial charge in [0.25, 0.3) is 9.05 Å². The summed E-state index contributed by atoms with van der Waals surface area (Å²) in [7, 11) is 0.968. The van der Waals surface area contributed by atoms with E-state index in [4.69, 9.17) is 10.7 Å². The summed E-state index contributed by atoms with van der Waals surface area (Å²) in [5.74, 6) is 0. The predicted octanol–water partition coefficient (Wildman–Crippen LogP) is -1.33. The third-order valence-corrected chi connectivity index (χ3v) is 2.91. The summed E-state index contributed by atoms with van der Waals surface area (Å²) < 4.78 is 57.7. The molecule has 0 amide bonds. The number of hydrogen-bond donors (Lipinski definition) is 0. The minimum atomic E-state index is -5.10. The molecule has 0 aromatic heterocycles. The Balaban J connectivity index is 0.00000196. The van der Waals surface area contributed by atoms with Gasteiger partial charge in [0.2, 0.25) is 0 Å². The van der Waals surface area contributed by atoms with Gasteiger partial charge in [0.15, 0.2) is 0 Å². The smallest absolute Gasteiger partial charge is 0.445 e. The summed E-state index contributed by atoms with van der Waals surface area (Å²) in [6.07, 6.45) is 0. The minimum Gasteiger partial charge on any atom is -0.445 e. The minimum absolute atomic E-state index is 0. The Morgan fingerprint density at radius 2 is 1.47 bits per heavy atom. The standard InChI is InChI=1S/C6H4BClF3O2S.K/c8-14(12,13)6-3-1-5(2-4-6)7(9,10)11;/h1-4H;/q-1;+1. The molecule has 2 nitrogen and oxygen atoms in total. The average Bonchev–Trinajstić information content (AvgIpc) is 2.01. The topological polar surface area (TPSA) is 34.1 Å². The summed E-state index contributed by atoms with van der Waals surface area (Å²) >= 11 is 0. The van der Waals surface area contributed by atoms with Gasteiger partial charge in [-0.25, -0.2) is 8.42 Å². The zero-order chi connectivity index (χ0) is 11.0. The van der Waals surface area contributed by atoms with E-state index in [1.807, 2.05) is 0 Å². The van der Waals surface area contributed by atoms with Crippen molar-refractivity contribution in [3.8, 4) is 0 Å². The molecule has 1 rings (SSSR count). The third-order valence-electron chi connectivity index (χ3n) is 1.54. The fourth-order valence-electron chi connectivity index (χ4n) is 0.849. The van der Waals surface area contributed by atoms with Crippen LogP contribution in [0.15, 0.2) is 29.2 Å². The van der Waals surface area contributed by atoms with Crippen LogP contribution < -0.4 is 56.8 Å². The first-order valence-corrected chi connectivity index (χ1v) is 5.77. The molecule has 0 N–H and O–H groups in total. The maximum absolute atomic E-state index is 12.1. The van der Waals surface area contributed by atoms with Crippen molar-refractivity contribution >= 4 is 32.2 Å². The average molecular weight is 283 g/mol. The molecule has 0 fully saturated rings. The van der Waals surface area contributed by atoms with Crippen LogP contribution in [-0.4, -0.2) is 15.4 Å². The largest absolute Gasteiger partial charge is 1.00 e. The Kier molecular flexibility index (Phi) is 5.87. The van der Waals surface area contributed by atoms with E-state index in [0.717, 1.165) is 12.1 Å². The molecule has 15 heavy (non-hydrogen) atoms. The van der Waals surface area contributed by atoms with E-state index in [0.29, 0.717) is 12.1 Å². The number of halogens is 4. The second kappa shape index (κ2) is 5.52. The van der Waals surface area contributed by atoms with Crippen molar-refractivity contribution in [2.45, 2.75) is 4.90 Å². The van der Waals surface area contributed by atoms with Crippen LogP contribution in [0.1, 0.15) is 0 Å². The molecule has 0 radical (unpaired) electrons. The Morgan fingerprint density at radius 1 is 1.07 bits per heavy atom. The Labute approximate surface area is 132 Å². The van der Waals surface area contributed by atoms with Crippen molar-refractivity contribution in [3.05, 3.63) is 24.3 Å². The van der Waals surface area contributed by atoms with E-state index in [9.17, 15) is 21.4 Å². The number of benzene rings is 1. The monoisotopic (exact) mass is 282 g/mol. The van der Waals surface area contributed by atoms with Gasteiger partial charge in [0.1, 0.15) is 0 Å². The SMILES string of the molecule is O=S(=O)(Cl)c1ccc([B-](F)(F)F)cc1.[K+]. The summed E-state index contributed by atoms with van der Waals surface area (Å²) in [6.45, 7) is -5.10. The molecule has 1 aromatic rings. The fourth-order valence-corrected chi connectivity index (χ4v) is 1.62. The quantitative estimate of drug-likeness (QED) is 0.498. The van der Waals surface area contributed by atoms with Crippen molar-refractivity contribution in [3.63, 3.8) is 0 Å². The van der Waals surface area contributed by atoms with E-state index in [1.54, 1.807) is 0 Å². The van der Waals surface area contributed by atoms with E-state index in [2.05, 4.69) is 0 Å². The van der Waals surface area contributed by atoms with Crippen LogP contribution in [-0.2, 0) is 9.05 Å². The van der Waals surface area contributed by atoms with Crippen molar-refractivity contribution in [1.82, 2.24) is 0 Å². The first-order chi connectivity index (χ1) is 6.21. The normalized spacial score (nSPS) is 12.0. The molecule has 9 heteroatoms. The van der Waals surface area contributed by atoms with E-state index < -0.39 is 21.5 Å². The summed E-state index contributed by atoms with van der Waals surface area (Å²) in [5, 5.41) is 0. The Morgan fingerprint density at radius 3 is 1.73 bits per heavy atom. The number of hydrogen-bond acceptors (Lipinski definition) is 2. The van der Waals surface area contributed by atoms with Crippen LogP contribution in [0.25, 0.3) is 0 Å². The summed E-state index contributed by atoms with van der Waals surface area (Å²) in [6, 6.07) is 3.03. The molecule has 78 valence electrons. The molecule has 0 aliphatic carbocycles. The van der Waals surface area contributed by atoms with Crippen molar-refractivity contribution in [2.75, 3.05) is 0 Å². The van der Waals surface area contributed by atoms with Crippen molar-refractivity contribution < 1.29 is 72.7 Å². The molecule has 0 aliphatic rings. The second-order valence-electron chi connectivity index (χ2n) is 2.58. The van der Waals surface area contributed by atoms with Crippen LogP contribution in [0.4, 0.5) is 12.9 Å². The van der Waals surface area contributed by atoms with Gasteiger partial charge in [-0.2, -0.15) is 0 Å². The second-order valence-corrected chi connectivity index (χ2v) is 5.15. The molecule has 1 aromatic carbocycles. The van der Waals surface area contributed by atoms with Gasteiger partial charge in [0.05, 0.1) is 4.90 Å². The molecular weight excluding hydrogens is 278 g/mol. The molecule has 0 spiro atoms. The molecule has 0 heterocycles. The first kappa shape index (κ1) is 16.0. The van der Waals surface area contributed by atoms with Gasteiger partial charge >= 0.3 is 58.4 Å². The first-order valence-electron chi connectivity index (χ1n) is 3.46. The molecule has 0 unspecified atom stereocenters. The van der Waals surface area contributed by atoms with Crippen LogP contribution in [0, 0.1) is 0 Å². The number of rotatable bonds is 2. The van der Waals surface area contributed by atoms with Crippen LogP contribution in [0.2, 0.25) is 0 Å². The third kappa shape index (κ3) is 4.76. The zero-order valence-electron chi connectivity index (χ0n) is 7.62. The van der Waals surface area contributed by atoms with Gasteiger partial charge in [-0.3, -0.25) is 0 Å². The van der Waals surface area contributed by atoms with E-state index >= 15 is 0 Å². The van der Waals surface area contributed by atoms with E-state index in [-0.39, 0.29) is 56.3 Å². The summed E-state index contributed by atoms with van der Waals surface area (Å²) in [5.41, 5.74) is -0.853. The molecular formula is C6H4BClF3KO2S. The molecule has 0 saturated heterocycles. The maximum Gasteiger partial charge on any atom is 1.00 e. The van der Waals surface area contributed by atoms with Gasteiger partial charge in [-0.15, -0.1) is 5.46 Å². The van der Waals surface area contributed by atoms with Crippen molar-refractivity contribution in [1.29, 1.82) is 0 Å². The van der Waals surface area contributed by atoms with Gasteiger partial charge in [-0.1, -0.05) is 12.1 Å². The molecule has 0 bridgehead atoms. The van der Waals surface area contributed by atoms with Crippen LogP contribution in [0.5, 0.6) is 0 Å². The zero-order valence-corrected chi connectivity index (χ0v) is 12.3. The fraction of sp³-hybridized carbons (Fsp3) is 0. The van der Waals surface area contributed by atoms with E-state index in [1.165, 1.54) is 0 Å². The molecule has 0 saturated carbocycles. The Bertz CT molecular complexity index is 431. The van der Waals surface area contributed by atoms with Crippen LogP contribution in [0.3, 0.4) is 0 Å². The van der Waals surface area contributed by atoms with Gasteiger partial charge in [0, 0.05) is 10.7 Å². The molecule has 0 aliphatic heterocycles. The van der Waals surface area contributed by atoms with Crippen molar-refractivity contribution in [2.24, 2.45) is 0 Å². The predicted molar refractivity (Wildman–Crippen MR) is 48.2 cm³/mol. The molecule has 0 atom stereocenters. The van der Waals surface area contributed by atoms with Gasteiger partial charge in [-0.05, 0) is 12.1 Å². The Hall–Kier alpha value is 0.951.